The Hall–Kier alpha value is -5.12. The van der Waals surface area contributed by atoms with E-state index in [1.54, 1.807) is 0 Å². The molecule has 10 atom stereocenters. The van der Waals surface area contributed by atoms with Crippen molar-refractivity contribution in [2.75, 3.05) is 13.2 Å². The van der Waals surface area contributed by atoms with Crippen molar-refractivity contribution in [3.05, 3.63) is 215 Å². The quantitative estimate of drug-likeness (QED) is 0.0691. The molecule has 2 N–H and O–H groups in total. The summed E-state index contributed by atoms with van der Waals surface area (Å²) in [6, 6.07) is 58.6. The van der Waals surface area contributed by atoms with Gasteiger partial charge in [0, 0.05) is 0 Å². The Morgan fingerprint density at radius 1 is 0.338 bits per heavy atom. The normalized spacial score (nSPS) is 25.6. The maximum atomic E-state index is 12.2. The van der Waals surface area contributed by atoms with Crippen LogP contribution in [0.15, 0.2) is 182 Å². The van der Waals surface area contributed by atoms with Gasteiger partial charge >= 0.3 is 0 Å². The summed E-state index contributed by atoms with van der Waals surface area (Å²) in [4.78, 5) is 0. The van der Waals surface area contributed by atoms with Crippen LogP contribution >= 0.6 is 0 Å². The Morgan fingerprint density at radius 2 is 0.677 bits per heavy atom. The van der Waals surface area contributed by atoms with Gasteiger partial charge in [0.1, 0.15) is 48.8 Å². The molecule has 11 nitrogen and oxygen atoms in total. The van der Waals surface area contributed by atoms with Crippen molar-refractivity contribution in [3.8, 4) is 0 Å². The van der Waals surface area contributed by atoms with Crippen molar-refractivity contribution in [3.63, 3.8) is 0 Å². The lowest BCUT2D eigenvalue weighted by Crippen LogP contribution is -2.66. The van der Waals surface area contributed by atoms with E-state index in [9.17, 15) is 10.2 Å². The Kier molecular flexibility index (Phi) is 17.4. The van der Waals surface area contributed by atoms with Gasteiger partial charge in [0.2, 0.25) is 0 Å². The minimum absolute atomic E-state index is 0.0206. The van der Waals surface area contributed by atoms with E-state index >= 15 is 0 Å². The topological polar surface area (TPSA) is 124 Å². The van der Waals surface area contributed by atoms with Gasteiger partial charge in [-0.25, -0.2) is 0 Å². The number of ether oxygens (including phenoxy) is 9. The van der Waals surface area contributed by atoms with Gasteiger partial charge in [-0.3, -0.25) is 0 Å². The Morgan fingerprint density at radius 3 is 1.09 bits per heavy atom. The van der Waals surface area contributed by atoms with Crippen LogP contribution in [0.1, 0.15) is 33.4 Å². The molecule has 6 aromatic carbocycles. The maximum absolute atomic E-state index is 12.2. The van der Waals surface area contributed by atoms with E-state index in [-0.39, 0.29) is 46.2 Å². The van der Waals surface area contributed by atoms with Crippen molar-refractivity contribution >= 4 is 0 Å². The molecular weight excluding hydrogens is 825 g/mol. The highest BCUT2D eigenvalue weighted by molar-refractivity contribution is 5.18. The van der Waals surface area contributed by atoms with Crippen LogP contribution in [0.2, 0.25) is 0 Å². The molecule has 2 heterocycles. The molecule has 0 amide bonds. The number of rotatable bonds is 22. The van der Waals surface area contributed by atoms with E-state index in [0.717, 1.165) is 33.4 Å². The fourth-order valence-corrected chi connectivity index (χ4v) is 8.02. The molecule has 2 saturated heterocycles. The van der Waals surface area contributed by atoms with E-state index in [4.69, 9.17) is 42.6 Å². The van der Waals surface area contributed by atoms with Gasteiger partial charge in [0.25, 0.3) is 0 Å². The first-order valence-corrected chi connectivity index (χ1v) is 22.3. The Balaban J connectivity index is 1.14. The van der Waals surface area contributed by atoms with Crippen molar-refractivity contribution in [1.82, 2.24) is 0 Å². The maximum Gasteiger partial charge on any atom is 0.187 e. The zero-order chi connectivity index (χ0) is 44.5. The number of aliphatic hydroxyl groups is 2. The third kappa shape index (κ3) is 13.5. The summed E-state index contributed by atoms with van der Waals surface area (Å²) in [5.41, 5.74) is 5.59. The Labute approximate surface area is 381 Å². The molecule has 2 aliphatic rings. The second-order valence-corrected chi connectivity index (χ2v) is 16.2. The molecule has 6 aromatic rings. The second-order valence-electron chi connectivity index (χ2n) is 16.2. The van der Waals surface area contributed by atoms with Crippen LogP contribution in [0.25, 0.3) is 0 Å². The summed E-state index contributed by atoms with van der Waals surface area (Å²) in [6.45, 7) is 1.34. The van der Waals surface area contributed by atoms with Gasteiger partial charge in [-0.2, -0.15) is 0 Å². The first-order valence-electron chi connectivity index (χ1n) is 22.3. The van der Waals surface area contributed by atoms with E-state index in [1.165, 1.54) is 0 Å². The second kappa shape index (κ2) is 24.4. The lowest BCUT2D eigenvalue weighted by molar-refractivity contribution is -0.371. The first-order chi connectivity index (χ1) is 32.1. The highest BCUT2D eigenvalue weighted by Crippen LogP contribution is 2.35. The van der Waals surface area contributed by atoms with Crippen molar-refractivity contribution in [2.45, 2.75) is 101 Å². The van der Waals surface area contributed by atoms with Gasteiger partial charge < -0.3 is 52.8 Å². The highest BCUT2D eigenvalue weighted by Gasteiger charge is 2.53. The van der Waals surface area contributed by atoms with Crippen molar-refractivity contribution in [2.24, 2.45) is 0 Å². The molecule has 8 rings (SSSR count). The third-order valence-corrected chi connectivity index (χ3v) is 11.4. The molecule has 0 saturated carbocycles. The SMILES string of the molecule is O[C@@H]1[C@H](OCc2ccccc2)[C@@H](OCc2ccccc2)[C@H](O[C@H]2[C@H](OCc3ccccc3)[C@@H](OCc3ccccc3)[C@H](O)O[C@@H]2COCc2ccccc2)O[C@@H]1COCc1ccccc1. The fraction of sp³-hybridized carbons (Fsp3) is 0.333. The predicted molar refractivity (Wildman–Crippen MR) is 243 cm³/mol. The van der Waals surface area contributed by atoms with E-state index in [1.807, 2.05) is 182 Å². The first kappa shape index (κ1) is 46.4. The average Bonchev–Trinajstić information content (AvgIpc) is 3.35. The Bertz CT molecular complexity index is 2210. The van der Waals surface area contributed by atoms with Gasteiger partial charge in [-0.15, -0.1) is 0 Å². The third-order valence-electron chi connectivity index (χ3n) is 11.4. The summed E-state index contributed by atoms with van der Waals surface area (Å²) in [6.07, 6.45) is -10.4. The monoisotopic (exact) mass is 882 g/mol. The summed E-state index contributed by atoms with van der Waals surface area (Å²) in [7, 11) is 0. The number of hydrogen-bond acceptors (Lipinski definition) is 11. The van der Waals surface area contributed by atoms with E-state index in [0.29, 0.717) is 6.61 Å². The molecule has 0 spiro atoms. The van der Waals surface area contributed by atoms with Crippen molar-refractivity contribution < 1.29 is 52.8 Å². The molecule has 65 heavy (non-hydrogen) atoms. The molecule has 11 heteroatoms. The lowest BCUT2D eigenvalue weighted by atomic mass is 9.96. The highest BCUT2D eigenvalue weighted by atomic mass is 16.7. The average molecular weight is 883 g/mol. The van der Waals surface area contributed by atoms with Crippen LogP contribution in [0.5, 0.6) is 0 Å². The largest absolute Gasteiger partial charge is 0.387 e. The zero-order valence-corrected chi connectivity index (χ0v) is 36.3. The van der Waals surface area contributed by atoms with E-state index < -0.39 is 61.4 Å². The van der Waals surface area contributed by atoms with Crippen LogP contribution < -0.4 is 0 Å². The molecule has 2 aliphatic heterocycles. The summed E-state index contributed by atoms with van der Waals surface area (Å²) < 4.78 is 59.6. The van der Waals surface area contributed by atoms with E-state index in [2.05, 4.69) is 0 Å². The number of aliphatic hydroxyl groups excluding tert-OH is 2. The fourth-order valence-electron chi connectivity index (χ4n) is 8.02. The molecule has 0 aliphatic carbocycles. The lowest BCUT2D eigenvalue weighted by Gasteiger charge is -2.49. The minimum Gasteiger partial charge on any atom is -0.387 e. The minimum atomic E-state index is -1.41. The van der Waals surface area contributed by atoms with Gasteiger partial charge in [-0.1, -0.05) is 182 Å². The summed E-state index contributed by atoms with van der Waals surface area (Å²) in [5, 5.41) is 24.0. The van der Waals surface area contributed by atoms with Gasteiger partial charge in [-0.05, 0) is 33.4 Å². The number of benzene rings is 6. The smallest absolute Gasteiger partial charge is 0.187 e. The molecule has 0 radical (unpaired) electrons. The van der Waals surface area contributed by atoms with Gasteiger partial charge in [0.05, 0.1) is 52.9 Å². The van der Waals surface area contributed by atoms with Crippen LogP contribution in [0, 0.1) is 0 Å². The van der Waals surface area contributed by atoms with Crippen LogP contribution in [0.3, 0.4) is 0 Å². The molecule has 0 unspecified atom stereocenters. The zero-order valence-electron chi connectivity index (χ0n) is 36.3. The van der Waals surface area contributed by atoms with Crippen LogP contribution in [0.4, 0.5) is 0 Å². The standard InChI is InChI=1S/C54H58O11/c55-47-45(37-57-31-39-19-7-1-8-20-39)64-54(52(62-36-44-29-17-6-18-30-44)49(47)59-33-41-23-11-3-12-24-41)65-48-46(38-58-32-40-21-9-2-10-22-40)63-53(56)51(61-35-43-27-15-5-16-28-43)50(48)60-34-42-25-13-4-14-26-42/h1-30,45-56H,31-38H2/t45-,46-,47+,48-,49+,50+,51-,52-,53-,54+/m1/s1. The summed E-state index contributed by atoms with van der Waals surface area (Å²) >= 11 is 0. The molecular formula is C54H58O11. The van der Waals surface area contributed by atoms with Crippen LogP contribution in [-0.2, 0) is 82.3 Å². The van der Waals surface area contributed by atoms with Crippen LogP contribution in [-0.4, -0.2) is 84.8 Å². The predicted octanol–water partition coefficient (Wildman–Crippen LogP) is 7.95. The molecule has 340 valence electrons. The summed E-state index contributed by atoms with van der Waals surface area (Å²) in [5.74, 6) is 0. The molecule has 0 bridgehead atoms. The van der Waals surface area contributed by atoms with Crippen molar-refractivity contribution in [1.29, 1.82) is 0 Å². The van der Waals surface area contributed by atoms with Gasteiger partial charge in [0.15, 0.2) is 12.6 Å². The molecule has 0 aromatic heterocycles. The molecule has 2 fully saturated rings. The number of hydrogen-bond donors (Lipinski definition) is 2.